The van der Waals surface area contributed by atoms with E-state index >= 15 is 0 Å². The lowest BCUT2D eigenvalue weighted by Crippen LogP contribution is -2.32. The molecule has 0 aromatic heterocycles. The number of ether oxygens (including phenoxy) is 3. The molecule has 0 saturated carbocycles. The number of carbonyl (C=O) groups excluding carboxylic acids is 2. The van der Waals surface area contributed by atoms with Crippen LogP contribution in [0.15, 0.2) is 84.4 Å². The molecule has 1 N–H and O–H groups in total. The molecule has 3 aromatic rings. The molecule has 1 aliphatic heterocycles. The molecule has 0 aliphatic carbocycles. The molecular weight excluding hydrogens is 458 g/mol. The van der Waals surface area contributed by atoms with Gasteiger partial charge in [-0.25, -0.2) is 0 Å². The first-order valence-electron chi connectivity index (χ1n) is 11.8. The van der Waals surface area contributed by atoms with Crippen molar-refractivity contribution < 1.29 is 28.9 Å². The summed E-state index contributed by atoms with van der Waals surface area (Å²) in [6.45, 7) is 3.21. The second-order valence-corrected chi connectivity index (χ2v) is 8.29. The fourth-order valence-corrected chi connectivity index (χ4v) is 4.19. The maximum atomic E-state index is 13.1. The Balaban J connectivity index is 1.71. The number of nitrogens with zero attached hydrogens (tertiary/aromatic N) is 1. The predicted molar refractivity (Wildman–Crippen MR) is 136 cm³/mol. The molecule has 0 radical (unpaired) electrons. The lowest BCUT2D eigenvalue weighted by molar-refractivity contribution is -0.140. The Morgan fingerprint density at radius 2 is 1.67 bits per heavy atom. The largest absolute Gasteiger partial charge is 0.507 e. The van der Waals surface area contributed by atoms with Crippen LogP contribution in [0.4, 0.5) is 0 Å². The van der Waals surface area contributed by atoms with Crippen molar-refractivity contribution in [3.05, 3.63) is 101 Å². The van der Waals surface area contributed by atoms with E-state index in [4.69, 9.17) is 14.2 Å². The van der Waals surface area contributed by atoms with E-state index < -0.39 is 17.7 Å². The number of Topliss-reactive ketones (excluding diaryl/α,β-unsaturated/α-hetero) is 1. The molecule has 1 heterocycles. The van der Waals surface area contributed by atoms with Gasteiger partial charge in [-0.1, -0.05) is 42.5 Å². The third kappa shape index (κ3) is 5.42. The van der Waals surface area contributed by atoms with Crippen molar-refractivity contribution in [2.75, 3.05) is 26.9 Å². The Hall–Kier alpha value is -4.10. The van der Waals surface area contributed by atoms with Crippen LogP contribution in [-0.2, 0) is 20.9 Å². The van der Waals surface area contributed by atoms with E-state index in [0.29, 0.717) is 35.8 Å². The Morgan fingerprint density at radius 3 is 2.36 bits per heavy atom. The number of ketones is 1. The van der Waals surface area contributed by atoms with E-state index in [1.165, 1.54) is 12.0 Å². The highest BCUT2D eigenvalue weighted by Gasteiger charge is 2.46. The van der Waals surface area contributed by atoms with Gasteiger partial charge in [0.2, 0.25) is 0 Å². The van der Waals surface area contributed by atoms with Gasteiger partial charge in [-0.2, -0.15) is 0 Å². The maximum absolute atomic E-state index is 13.1. The fraction of sp³-hybridized carbons (Fsp3) is 0.241. The number of methoxy groups -OCH3 is 1. The summed E-state index contributed by atoms with van der Waals surface area (Å²) in [7, 11) is 1.53. The minimum absolute atomic E-state index is 0.0282. The minimum Gasteiger partial charge on any atom is -0.507 e. The van der Waals surface area contributed by atoms with Crippen LogP contribution in [0.25, 0.3) is 5.76 Å². The van der Waals surface area contributed by atoms with E-state index in [9.17, 15) is 14.7 Å². The second kappa shape index (κ2) is 11.6. The molecule has 7 nitrogen and oxygen atoms in total. The monoisotopic (exact) mass is 487 g/mol. The highest BCUT2D eigenvalue weighted by molar-refractivity contribution is 6.46. The lowest BCUT2D eigenvalue weighted by Gasteiger charge is -2.25. The quantitative estimate of drug-likeness (QED) is 0.253. The summed E-state index contributed by atoms with van der Waals surface area (Å²) in [5, 5.41) is 11.2. The number of amides is 1. The molecule has 4 rings (SSSR count). The van der Waals surface area contributed by atoms with E-state index in [1.807, 2.05) is 55.5 Å². The summed E-state index contributed by atoms with van der Waals surface area (Å²) >= 11 is 0. The zero-order valence-corrected chi connectivity index (χ0v) is 20.3. The summed E-state index contributed by atoms with van der Waals surface area (Å²) in [5.74, 6) is -0.417. The topological polar surface area (TPSA) is 85.3 Å². The molecule has 36 heavy (non-hydrogen) atoms. The normalized spacial score (nSPS) is 16.8. The molecule has 1 saturated heterocycles. The van der Waals surface area contributed by atoms with Crippen molar-refractivity contribution in [3.63, 3.8) is 0 Å². The standard InChI is InChI=1S/C29H29NO6/c1-3-35-23-14-12-21(13-15-23)27(31)25-26(30(16-17-34-2)29(33)28(25)32)22-10-7-11-24(18-22)36-19-20-8-5-4-6-9-20/h4-15,18,26,31H,3,16-17,19H2,1-2H3/b27-25+. The number of rotatable bonds is 10. The van der Waals surface area contributed by atoms with Crippen molar-refractivity contribution in [2.24, 2.45) is 0 Å². The molecule has 0 spiro atoms. The molecule has 1 atom stereocenters. The average molecular weight is 488 g/mol. The van der Waals surface area contributed by atoms with E-state index in [0.717, 1.165) is 5.56 Å². The van der Waals surface area contributed by atoms with E-state index in [1.54, 1.807) is 30.3 Å². The van der Waals surface area contributed by atoms with Crippen LogP contribution in [0.5, 0.6) is 11.5 Å². The van der Waals surface area contributed by atoms with Crippen LogP contribution in [-0.4, -0.2) is 48.6 Å². The Kier molecular flexibility index (Phi) is 8.02. The molecule has 1 unspecified atom stereocenters. The molecule has 7 heteroatoms. The SMILES string of the molecule is CCOc1ccc(/C(O)=C2\C(=O)C(=O)N(CCOC)C2c2cccc(OCc3ccccc3)c2)cc1. The number of carbonyl (C=O) groups is 2. The Labute approximate surface area is 210 Å². The highest BCUT2D eigenvalue weighted by Crippen LogP contribution is 2.40. The summed E-state index contributed by atoms with van der Waals surface area (Å²) in [4.78, 5) is 27.6. The molecular formula is C29H29NO6. The summed E-state index contributed by atoms with van der Waals surface area (Å²) in [6.07, 6.45) is 0. The maximum Gasteiger partial charge on any atom is 0.295 e. The zero-order chi connectivity index (χ0) is 25.5. The summed E-state index contributed by atoms with van der Waals surface area (Å²) in [5.41, 5.74) is 2.12. The van der Waals surface area contributed by atoms with Gasteiger partial charge in [0, 0.05) is 19.2 Å². The third-order valence-electron chi connectivity index (χ3n) is 5.94. The minimum atomic E-state index is -0.785. The van der Waals surface area contributed by atoms with Gasteiger partial charge in [-0.15, -0.1) is 0 Å². The predicted octanol–water partition coefficient (Wildman–Crippen LogP) is 4.73. The first-order chi connectivity index (χ1) is 17.5. The van der Waals surface area contributed by atoms with Crippen LogP contribution in [0.1, 0.15) is 29.7 Å². The highest BCUT2D eigenvalue weighted by atomic mass is 16.5. The number of likely N-dealkylation sites (tertiary alicyclic amines) is 1. The summed E-state index contributed by atoms with van der Waals surface area (Å²) < 4.78 is 16.6. The van der Waals surface area contributed by atoms with Gasteiger partial charge < -0.3 is 24.2 Å². The van der Waals surface area contributed by atoms with Crippen molar-refractivity contribution in [2.45, 2.75) is 19.6 Å². The molecule has 186 valence electrons. The number of benzene rings is 3. The fourth-order valence-electron chi connectivity index (χ4n) is 4.19. The molecule has 3 aromatic carbocycles. The van der Waals surface area contributed by atoms with Gasteiger partial charge in [0.25, 0.3) is 11.7 Å². The van der Waals surface area contributed by atoms with Gasteiger partial charge in [-0.05, 0) is 54.4 Å². The van der Waals surface area contributed by atoms with Crippen LogP contribution in [0, 0.1) is 0 Å². The van der Waals surface area contributed by atoms with Crippen molar-refractivity contribution in [1.82, 2.24) is 4.90 Å². The third-order valence-corrected chi connectivity index (χ3v) is 5.94. The molecule has 0 bridgehead atoms. The molecule has 1 aliphatic rings. The van der Waals surface area contributed by atoms with E-state index in [2.05, 4.69) is 0 Å². The number of hydrogen-bond acceptors (Lipinski definition) is 6. The van der Waals surface area contributed by atoms with Crippen molar-refractivity contribution in [1.29, 1.82) is 0 Å². The van der Waals surface area contributed by atoms with Gasteiger partial charge in [0.05, 0.1) is 24.8 Å². The van der Waals surface area contributed by atoms with Gasteiger partial charge in [0.1, 0.15) is 23.9 Å². The van der Waals surface area contributed by atoms with Crippen LogP contribution >= 0.6 is 0 Å². The smallest absolute Gasteiger partial charge is 0.295 e. The van der Waals surface area contributed by atoms with Crippen molar-refractivity contribution in [3.8, 4) is 11.5 Å². The molecule has 1 amide bonds. The van der Waals surface area contributed by atoms with Gasteiger partial charge >= 0.3 is 0 Å². The van der Waals surface area contributed by atoms with Crippen LogP contribution < -0.4 is 9.47 Å². The second-order valence-electron chi connectivity index (χ2n) is 8.29. The number of hydrogen-bond donors (Lipinski definition) is 1. The van der Waals surface area contributed by atoms with Gasteiger partial charge in [0.15, 0.2) is 0 Å². The van der Waals surface area contributed by atoms with Crippen molar-refractivity contribution >= 4 is 17.4 Å². The first-order valence-corrected chi connectivity index (χ1v) is 11.8. The zero-order valence-electron chi connectivity index (χ0n) is 20.3. The Bertz CT molecular complexity index is 1240. The number of aliphatic hydroxyl groups excluding tert-OH is 1. The van der Waals surface area contributed by atoms with Crippen LogP contribution in [0.3, 0.4) is 0 Å². The first kappa shape index (κ1) is 25.0. The van der Waals surface area contributed by atoms with Crippen LogP contribution in [0.2, 0.25) is 0 Å². The Morgan fingerprint density at radius 1 is 0.917 bits per heavy atom. The summed E-state index contributed by atoms with van der Waals surface area (Å²) in [6, 6.07) is 23.0. The van der Waals surface area contributed by atoms with E-state index in [-0.39, 0.29) is 24.5 Å². The average Bonchev–Trinajstić information content (AvgIpc) is 3.16. The number of aliphatic hydroxyl groups is 1. The molecule has 1 fully saturated rings. The van der Waals surface area contributed by atoms with Gasteiger partial charge in [-0.3, -0.25) is 9.59 Å². The lowest BCUT2D eigenvalue weighted by atomic mass is 9.95.